The third-order valence-corrected chi connectivity index (χ3v) is 5.55. The van der Waals surface area contributed by atoms with E-state index in [1.54, 1.807) is 5.01 Å². The largest absolute Gasteiger partial charge is 0.356 e. The van der Waals surface area contributed by atoms with Crippen LogP contribution in [-0.4, -0.2) is 41.4 Å². The van der Waals surface area contributed by atoms with Gasteiger partial charge >= 0.3 is 0 Å². The first-order valence-corrected chi connectivity index (χ1v) is 10.9. The molecule has 0 radical (unpaired) electrons. The Hall–Kier alpha value is -1.95. The Kier molecular flexibility index (Phi) is 9.25. The van der Waals surface area contributed by atoms with Gasteiger partial charge in [-0.05, 0) is 42.9 Å². The molecule has 0 unspecified atom stereocenters. The molecule has 5 nitrogen and oxygen atoms in total. The van der Waals surface area contributed by atoms with Crippen molar-refractivity contribution in [3.8, 4) is 0 Å². The molecule has 1 aromatic carbocycles. The fourth-order valence-corrected chi connectivity index (χ4v) is 3.75. The second kappa shape index (κ2) is 11.7. The van der Waals surface area contributed by atoms with Crippen LogP contribution in [0.15, 0.2) is 30.3 Å². The lowest BCUT2D eigenvalue weighted by atomic mass is 10.1. The highest BCUT2D eigenvalue weighted by Crippen LogP contribution is 2.18. The second-order valence-corrected chi connectivity index (χ2v) is 7.99. The van der Waals surface area contributed by atoms with Crippen molar-refractivity contribution in [2.24, 2.45) is 0 Å². The molecule has 6 heteroatoms. The van der Waals surface area contributed by atoms with Crippen LogP contribution in [0.1, 0.15) is 50.2 Å². The van der Waals surface area contributed by atoms with Gasteiger partial charge in [-0.25, -0.2) is 0 Å². The Labute approximate surface area is 166 Å². The minimum atomic E-state index is -0.00835. The van der Waals surface area contributed by atoms with Crippen LogP contribution in [0.4, 0.5) is 0 Å². The minimum Gasteiger partial charge on any atom is -0.356 e. The van der Waals surface area contributed by atoms with Crippen LogP contribution in [0.5, 0.6) is 0 Å². The number of carbonyl (C=O) groups excluding carboxylic acids is 2. The van der Waals surface area contributed by atoms with Gasteiger partial charge in [0.1, 0.15) is 0 Å². The lowest BCUT2D eigenvalue weighted by Gasteiger charge is -2.29. The van der Waals surface area contributed by atoms with Gasteiger partial charge in [-0.1, -0.05) is 43.2 Å². The molecule has 0 saturated carbocycles. The highest BCUT2D eigenvalue weighted by atomic mass is 32.2. The van der Waals surface area contributed by atoms with E-state index in [1.165, 1.54) is 24.2 Å². The van der Waals surface area contributed by atoms with E-state index < -0.39 is 0 Å². The molecule has 27 heavy (non-hydrogen) atoms. The van der Waals surface area contributed by atoms with Gasteiger partial charge < -0.3 is 5.32 Å². The summed E-state index contributed by atoms with van der Waals surface area (Å²) in [6.07, 6.45) is 6.04. The fraction of sp³-hybridized carbons (Fsp3) is 0.524. The Morgan fingerprint density at radius 1 is 1.22 bits per heavy atom. The first-order valence-electron chi connectivity index (χ1n) is 9.79. The summed E-state index contributed by atoms with van der Waals surface area (Å²) >= 11 is 1.94. The van der Waals surface area contributed by atoms with Gasteiger partial charge in [-0.15, -0.1) is 0 Å². The van der Waals surface area contributed by atoms with Crippen LogP contribution in [0, 0.1) is 6.92 Å². The van der Waals surface area contributed by atoms with Gasteiger partial charge in [-0.3, -0.25) is 20.0 Å². The van der Waals surface area contributed by atoms with E-state index in [0.717, 1.165) is 23.4 Å². The van der Waals surface area contributed by atoms with Crippen molar-refractivity contribution in [3.63, 3.8) is 0 Å². The molecule has 1 aliphatic heterocycles. The van der Waals surface area contributed by atoms with E-state index in [-0.39, 0.29) is 11.8 Å². The molecule has 0 spiro atoms. The van der Waals surface area contributed by atoms with Crippen molar-refractivity contribution in [1.29, 1.82) is 0 Å². The number of unbranched alkanes of at least 4 members (excludes halogenated alkanes) is 1. The van der Waals surface area contributed by atoms with E-state index >= 15 is 0 Å². The first kappa shape index (κ1) is 21.4. The quantitative estimate of drug-likeness (QED) is 0.569. The number of aryl methyl sites for hydroxylation is 1. The van der Waals surface area contributed by atoms with Gasteiger partial charge in [-0.2, -0.15) is 11.8 Å². The van der Waals surface area contributed by atoms with Crippen molar-refractivity contribution in [2.75, 3.05) is 24.6 Å². The van der Waals surface area contributed by atoms with Crippen LogP contribution >= 0.6 is 11.8 Å². The zero-order valence-corrected chi connectivity index (χ0v) is 17.2. The maximum Gasteiger partial charge on any atom is 0.244 e. The van der Waals surface area contributed by atoms with Crippen molar-refractivity contribution in [1.82, 2.24) is 15.8 Å². The van der Waals surface area contributed by atoms with Crippen molar-refractivity contribution < 1.29 is 9.59 Å². The molecule has 1 aliphatic rings. The molecular formula is C21H31N3O2S. The SMILES string of the molecule is CCCCSCCCNC(=O)CCN1NC(c2ccc(C)cc2)=CCC1=O. The van der Waals surface area contributed by atoms with Gasteiger partial charge in [0.15, 0.2) is 0 Å². The summed E-state index contributed by atoms with van der Waals surface area (Å²) in [5.74, 6) is 2.27. The average Bonchev–Trinajstić information content (AvgIpc) is 2.67. The monoisotopic (exact) mass is 389 g/mol. The molecule has 0 atom stereocenters. The first-order chi connectivity index (χ1) is 13.1. The number of nitrogens with zero attached hydrogens (tertiary/aromatic N) is 1. The third kappa shape index (κ3) is 7.67. The molecule has 0 aromatic heterocycles. The number of hydrazine groups is 1. The third-order valence-electron chi connectivity index (χ3n) is 4.39. The molecule has 148 valence electrons. The zero-order valence-electron chi connectivity index (χ0n) is 16.4. The van der Waals surface area contributed by atoms with Crippen LogP contribution in [0.3, 0.4) is 0 Å². The molecule has 1 heterocycles. The summed E-state index contributed by atoms with van der Waals surface area (Å²) in [7, 11) is 0. The highest BCUT2D eigenvalue weighted by molar-refractivity contribution is 7.99. The number of carbonyl (C=O) groups is 2. The minimum absolute atomic E-state index is 0.00500. The molecule has 2 amide bonds. The molecule has 0 fully saturated rings. The molecule has 0 aliphatic carbocycles. The Morgan fingerprint density at radius 3 is 2.70 bits per heavy atom. The zero-order chi connectivity index (χ0) is 19.5. The van der Waals surface area contributed by atoms with Crippen LogP contribution in [0.2, 0.25) is 0 Å². The number of hydrogen-bond donors (Lipinski definition) is 2. The molecule has 2 rings (SSSR count). The van der Waals surface area contributed by atoms with Crippen molar-refractivity contribution in [2.45, 2.75) is 46.0 Å². The van der Waals surface area contributed by atoms with Gasteiger partial charge in [0.05, 0.1) is 12.2 Å². The maximum absolute atomic E-state index is 12.1. The van der Waals surface area contributed by atoms with Gasteiger partial charge in [0.25, 0.3) is 0 Å². The smallest absolute Gasteiger partial charge is 0.244 e. The molecular weight excluding hydrogens is 358 g/mol. The number of thioether (sulfide) groups is 1. The van der Waals surface area contributed by atoms with Crippen LogP contribution in [-0.2, 0) is 9.59 Å². The fourth-order valence-electron chi connectivity index (χ4n) is 2.70. The summed E-state index contributed by atoms with van der Waals surface area (Å²) in [5, 5.41) is 4.50. The number of hydrogen-bond acceptors (Lipinski definition) is 4. The van der Waals surface area contributed by atoms with E-state index in [4.69, 9.17) is 0 Å². The molecule has 2 N–H and O–H groups in total. The molecule has 0 bridgehead atoms. The van der Waals surface area contributed by atoms with Crippen LogP contribution < -0.4 is 10.7 Å². The summed E-state index contributed by atoms with van der Waals surface area (Å²) in [5.41, 5.74) is 6.31. The van der Waals surface area contributed by atoms with E-state index in [0.29, 0.717) is 25.9 Å². The Bertz CT molecular complexity index is 643. The topological polar surface area (TPSA) is 61.4 Å². The van der Waals surface area contributed by atoms with Crippen molar-refractivity contribution in [3.05, 3.63) is 41.5 Å². The summed E-state index contributed by atoms with van der Waals surface area (Å²) in [6, 6.07) is 8.17. The average molecular weight is 390 g/mol. The number of nitrogens with one attached hydrogen (secondary N) is 2. The van der Waals surface area contributed by atoms with Gasteiger partial charge in [0.2, 0.25) is 11.8 Å². The normalized spacial score (nSPS) is 13.9. The van der Waals surface area contributed by atoms with Crippen molar-refractivity contribution >= 4 is 29.3 Å². The predicted octanol–water partition coefficient (Wildman–Crippen LogP) is 3.50. The standard InChI is InChI=1S/C21H31N3O2S/c1-3-4-15-27-16-5-13-22-20(25)12-14-24-21(26)11-10-19(23-24)18-8-6-17(2)7-9-18/h6-10,23H,3-5,11-16H2,1-2H3,(H,22,25). The summed E-state index contributed by atoms with van der Waals surface area (Å²) in [4.78, 5) is 24.1. The highest BCUT2D eigenvalue weighted by Gasteiger charge is 2.20. The predicted molar refractivity (Wildman–Crippen MR) is 113 cm³/mol. The number of benzene rings is 1. The Morgan fingerprint density at radius 2 is 1.96 bits per heavy atom. The summed E-state index contributed by atoms with van der Waals surface area (Å²) < 4.78 is 0. The lowest BCUT2D eigenvalue weighted by Crippen LogP contribution is -2.45. The van der Waals surface area contributed by atoms with Crippen LogP contribution in [0.25, 0.3) is 5.70 Å². The molecule has 0 saturated heterocycles. The lowest BCUT2D eigenvalue weighted by molar-refractivity contribution is -0.133. The number of amides is 2. The number of rotatable bonds is 11. The second-order valence-electron chi connectivity index (χ2n) is 6.76. The Balaban J connectivity index is 1.69. The van der Waals surface area contributed by atoms with E-state index in [9.17, 15) is 9.59 Å². The summed E-state index contributed by atoms with van der Waals surface area (Å²) in [6.45, 7) is 5.32. The molecule has 1 aromatic rings. The maximum atomic E-state index is 12.1. The van der Waals surface area contributed by atoms with E-state index in [1.807, 2.05) is 49.0 Å². The van der Waals surface area contributed by atoms with Gasteiger partial charge in [0, 0.05) is 19.4 Å². The van der Waals surface area contributed by atoms with E-state index in [2.05, 4.69) is 17.7 Å².